The molecule has 2 aromatic heterocycles. The van der Waals surface area contributed by atoms with Gasteiger partial charge in [0.1, 0.15) is 16.0 Å². The standard InChI is InChI=1S/C40H43N3O12S2/c1-6-52-39(50)31-24-11-8-19(3)14-27(24)56-33(31)41-29(44)17-54-37(48)21(5)43-35(46)23-13-10-22(16-26(23)36(43)47)38(49)55-18-30(45)42-34-32(40(51)53-7-2)25-12-9-20(4)15-28(25)57-34/h10,13,16,19-21H,6-9,11-12,14-15,17-18H2,1-5H3,(H,41,44)(H,42,45)/t19-,20+,21-/m1/s1. The number of imide groups is 1. The molecule has 0 bridgehead atoms. The minimum Gasteiger partial charge on any atom is -0.462 e. The molecule has 3 atom stereocenters. The van der Waals surface area contributed by atoms with Crippen molar-refractivity contribution in [2.45, 2.75) is 79.2 Å². The number of hydrogen-bond acceptors (Lipinski definition) is 14. The topological polar surface area (TPSA) is 201 Å². The molecule has 4 amide bonds. The van der Waals surface area contributed by atoms with Gasteiger partial charge in [0.15, 0.2) is 13.2 Å². The number of amides is 4. The average Bonchev–Trinajstić information content (AvgIpc) is 3.79. The fourth-order valence-corrected chi connectivity index (χ4v) is 9.99. The van der Waals surface area contributed by atoms with Crippen molar-refractivity contribution in [1.82, 2.24) is 4.90 Å². The summed E-state index contributed by atoms with van der Waals surface area (Å²) in [5.41, 5.74) is 1.94. The van der Waals surface area contributed by atoms with Crippen LogP contribution in [0.1, 0.15) is 120 Å². The van der Waals surface area contributed by atoms with Crippen molar-refractivity contribution in [3.63, 3.8) is 0 Å². The van der Waals surface area contributed by atoms with Crippen molar-refractivity contribution in [2.75, 3.05) is 37.1 Å². The number of nitrogens with zero attached hydrogens (tertiary/aromatic N) is 1. The Labute approximate surface area is 336 Å². The molecule has 0 radical (unpaired) electrons. The quantitative estimate of drug-likeness (QED) is 0.127. The maximum atomic E-state index is 13.4. The smallest absolute Gasteiger partial charge is 0.341 e. The Morgan fingerprint density at radius 1 is 0.719 bits per heavy atom. The normalized spacial score (nSPS) is 17.5. The first kappa shape index (κ1) is 41.2. The monoisotopic (exact) mass is 821 g/mol. The molecule has 2 N–H and O–H groups in total. The van der Waals surface area contributed by atoms with Gasteiger partial charge >= 0.3 is 23.9 Å². The van der Waals surface area contributed by atoms with E-state index in [0.717, 1.165) is 52.6 Å². The molecule has 17 heteroatoms. The summed E-state index contributed by atoms with van der Waals surface area (Å²) in [6, 6.07) is 2.18. The van der Waals surface area contributed by atoms with Crippen molar-refractivity contribution in [3.05, 3.63) is 66.9 Å². The van der Waals surface area contributed by atoms with Crippen LogP contribution in [0.15, 0.2) is 18.2 Å². The lowest BCUT2D eigenvalue weighted by Crippen LogP contribution is -2.44. The van der Waals surface area contributed by atoms with Crippen molar-refractivity contribution < 1.29 is 57.3 Å². The molecule has 3 aliphatic rings. The number of nitrogens with one attached hydrogen (secondary N) is 2. The molecule has 0 spiro atoms. The van der Waals surface area contributed by atoms with Crippen molar-refractivity contribution in [1.29, 1.82) is 0 Å². The molecule has 15 nitrogen and oxygen atoms in total. The summed E-state index contributed by atoms with van der Waals surface area (Å²) in [5, 5.41) is 5.95. The number of thiophene rings is 2. The fraction of sp³-hybridized carbons (Fsp3) is 0.450. The van der Waals surface area contributed by atoms with Crippen LogP contribution in [0.3, 0.4) is 0 Å². The van der Waals surface area contributed by atoms with Gasteiger partial charge in [0.2, 0.25) is 0 Å². The van der Waals surface area contributed by atoms with Gasteiger partial charge in [-0.25, -0.2) is 19.2 Å². The highest BCUT2D eigenvalue weighted by atomic mass is 32.1. The van der Waals surface area contributed by atoms with E-state index in [1.807, 2.05) is 0 Å². The molecule has 0 saturated heterocycles. The van der Waals surface area contributed by atoms with Crippen LogP contribution in [-0.2, 0) is 59.0 Å². The maximum absolute atomic E-state index is 13.4. The second kappa shape index (κ2) is 17.4. The highest BCUT2D eigenvalue weighted by Crippen LogP contribution is 2.41. The number of esters is 4. The van der Waals surface area contributed by atoms with E-state index >= 15 is 0 Å². The van der Waals surface area contributed by atoms with E-state index in [1.54, 1.807) is 13.8 Å². The van der Waals surface area contributed by atoms with E-state index in [0.29, 0.717) is 50.7 Å². The SMILES string of the molecule is CCOC(=O)c1c(NC(=O)COC(=O)[C@@H](C)N2C(=O)c3ccc(C(=O)OCC(=O)Nc4sc5c(c4C(=O)OCC)CC[C@H](C)C5)cc3C2=O)sc2c1CC[C@@H](C)C2. The van der Waals surface area contributed by atoms with Gasteiger partial charge in [0.25, 0.3) is 23.6 Å². The van der Waals surface area contributed by atoms with E-state index in [-0.39, 0.29) is 29.9 Å². The van der Waals surface area contributed by atoms with E-state index in [4.69, 9.17) is 18.9 Å². The van der Waals surface area contributed by atoms with Crippen LogP contribution in [0.4, 0.5) is 10.0 Å². The van der Waals surface area contributed by atoms with Gasteiger partial charge in [0, 0.05) is 9.75 Å². The van der Waals surface area contributed by atoms with Gasteiger partial charge in [-0.2, -0.15) is 0 Å². The second-order valence-corrected chi connectivity index (χ2v) is 16.5. The highest BCUT2D eigenvalue weighted by Gasteiger charge is 2.42. The predicted octanol–water partition coefficient (Wildman–Crippen LogP) is 5.37. The molecule has 0 saturated carbocycles. The molecular formula is C40H43N3O12S2. The third kappa shape index (κ3) is 8.63. The molecule has 0 unspecified atom stereocenters. The zero-order valence-corrected chi connectivity index (χ0v) is 33.8. The lowest BCUT2D eigenvalue weighted by molar-refractivity contribution is -0.150. The van der Waals surface area contributed by atoms with Crippen LogP contribution in [-0.4, -0.2) is 84.9 Å². The average molecular weight is 822 g/mol. The first-order valence-electron chi connectivity index (χ1n) is 18.8. The lowest BCUT2D eigenvalue weighted by atomic mass is 9.88. The van der Waals surface area contributed by atoms with Crippen molar-refractivity contribution in [3.8, 4) is 0 Å². The molecule has 6 rings (SSSR count). The number of fused-ring (bicyclic) bond motifs is 3. The van der Waals surface area contributed by atoms with E-state index in [2.05, 4.69) is 24.5 Å². The minimum atomic E-state index is -1.44. The van der Waals surface area contributed by atoms with E-state index in [9.17, 15) is 38.4 Å². The van der Waals surface area contributed by atoms with Crippen LogP contribution in [0.5, 0.6) is 0 Å². The minimum absolute atomic E-state index is 0.0726. The van der Waals surface area contributed by atoms with Crippen LogP contribution >= 0.6 is 22.7 Å². The summed E-state index contributed by atoms with van der Waals surface area (Å²) >= 11 is 2.57. The number of hydrogen-bond donors (Lipinski definition) is 2. The molecule has 57 heavy (non-hydrogen) atoms. The zero-order valence-electron chi connectivity index (χ0n) is 32.2. The van der Waals surface area contributed by atoms with Gasteiger partial charge in [-0.1, -0.05) is 13.8 Å². The van der Waals surface area contributed by atoms with E-state index < -0.39 is 66.8 Å². The van der Waals surface area contributed by atoms with Gasteiger partial charge in [-0.05, 0) is 100 Å². The fourth-order valence-electron chi connectivity index (χ4n) is 7.16. The van der Waals surface area contributed by atoms with Crippen LogP contribution in [0, 0.1) is 11.8 Å². The number of anilines is 2. The van der Waals surface area contributed by atoms with E-state index in [1.165, 1.54) is 41.7 Å². The van der Waals surface area contributed by atoms with Crippen molar-refractivity contribution in [2.24, 2.45) is 11.8 Å². The van der Waals surface area contributed by atoms with Gasteiger partial charge in [0.05, 0.1) is 41.0 Å². The number of carbonyl (C=O) groups is 8. The number of benzene rings is 1. The van der Waals surface area contributed by atoms with Crippen LogP contribution < -0.4 is 10.6 Å². The van der Waals surface area contributed by atoms with Crippen molar-refractivity contribution >= 4 is 80.2 Å². The summed E-state index contributed by atoms with van der Waals surface area (Å²) in [4.78, 5) is 107. The summed E-state index contributed by atoms with van der Waals surface area (Å²) in [5.74, 6) is -5.35. The Kier molecular flexibility index (Phi) is 12.6. The molecule has 302 valence electrons. The summed E-state index contributed by atoms with van der Waals surface area (Å²) < 4.78 is 20.9. The third-order valence-electron chi connectivity index (χ3n) is 10.1. The molecule has 1 aromatic carbocycles. The Morgan fingerprint density at radius 3 is 1.72 bits per heavy atom. The molecule has 3 aromatic rings. The molecular weight excluding hydrogens is 779 g/mol. The van der Waals surface area contributed by atoms with Gasteiger partial charge in [-0.3, -0.25) is 24.1 Å². The molecule has 2 aliphatic carbocycles. The maximum Gasteiger partial charge on any atom is 0.341 e. The van der Waals surface area contributed by atoms with Gasteiger partial charge in [-0.15, -0.1) is 22.7 Å². The largest absolute Gasteiger partial charge is 0.462 e. The number of rotatable bonds is 13. The molecule has 0 fully saturated rings. The molecule has 1 aliphatic heterocycles. The first-order chi connectivity index (χ1) is 27.2. The predicted molar refractivity (Wildman–Crippen MR) is 208 cm³/mol. The zero-order chi connectivity index (χ0) is 41.1. The third-order valence-corrected chi connectivity index (χ3v) is 12.4. The molecule has 3 heterocycles. The van der Waals surface area contributed by atoms with Gasteiger partial charge < -0.3 is 29.6 Å². The van der Waals surface area contributed by atoms with Crippen LogP contribution in [0.25, 0.3) is 0 Å². The second-order valence-electron chi connectivity index (χ2n) is 14.2. The summed E-state index contributed by atoms with van der Waals surface area (Å²) in [6.45, 7) is 7.73. The highest BCUT2D eigenvalue weighted by molar-refractivity contribution is 7.17. The number of ether oxygens (including phenoxy) is 4. The summed E-state index contributed by atoms with van der Waals surface area (Å²) in [7, 11) is 0. The Balaban J connectivity index is 1.05. The number of carbonyl (C=O) groups excluding carboxylic acids is 8. The lowest BCUT2D eigenvalue weighted by Gasteiger charge is -2.20. The first-order valence-corrected chi connectivity index (χ1v) is 20.4. The Morgan fingerprint density at radius 2 is 1.21 bits per heavy atom. The van der Waals surface area contributed by atoms with Crippen LogP contribution in [0.2, 0.25) is 0 Å². The Bertz CT molecular complexity index is 2170. The summed E-state index contributed by atoms with van der Waals surface area (Å²) in [6.07, 6.45) is 4.65. The Hall–Kier alpha value is -5.42.